The van der Waals surface area contributed by atoms with Gasteiger partial charge in [-0.05, 0) is 37.4 Å². The molecule has 2 aromatic rings. The van der Waals surface area contributed by atoms with Crippen molar-refractivity contribution in [1.82, 2.24) is 10.3 Å². The van der Waals surface area contributed by atoms with Gasteiger partial charge in [0, 0.05) is 29.3 Å². The number of fused-ring (bicyclic) bond motifs is 1. The number of nitrogens with one attached hydrogen (secondary N) is 1. The van der Waals surface area contributed by atoms with Crippen molar-refractivity contribution >= 4 is 0 Å². The topological polar surface area (TPSA) is 34.2 Å². The zero-order valence-corrected chi connectivity index (χ0v) is 13.8. The van der Waals surface area contributed by atoms with Crippen LogP contribution in [0, 0.1) is 5.82 Å². The average molecular weight is 354 g/mol. The Morgan fingerprint density at radius 3 is 2.56 bits per heavy atom. The summed E-state index contributed by atoms with van der Waals surface area (Å²) in [6, 6.07) is 6.98. The minimum atomic E-state index is -4.39. The second kappa shape index (κ2) is 6.63. The molecule has 2 atom stereocenters. The van der Waals surface area contributed by atoms with Gasteiger partial charge in [-0.3, -0.25) is 0 Å². The molecule has 0 radical (unpaired) electrons. The lowest BCUT2D eigenvalue weighted by Gasteiger charge is -2.17. The summed E-state index contributed by atoms with van der Waals surface area (Å²) < 4.78 is 58.6. The molecule has 0 amide bonds. The van der Waals surface area contributed by atoms with Gasteiger partial charge >= 0.3 is 6.18 Å². The molecular formula is C18H18F4N2O. The van der Waals surface area contributed by atoms with E-state index in [0.717, 1.165) is 0 Å². The predicted octanol–water partition coefficient (Wildman–Crippen LogP) is 4.25. The van der Waals surface area contributed by atoms with Crippen molar-refractivity contribution in [3.05, 3.63) is 47.4 Å². The van der Waals surface area contributed by atoms with Gasteiger partial charge in [0.05, 0.1) is 0 Å². The minimum Gasteiger partial charge on any atom is -0.490 e. The van der Waals surface area contributed by atoms with Crippen molar-refractivity contribution < 1.29 is 22.3 Å². The Bertz CT molecular complexity index is 759. The maximum Gasteiger partial charge on any atom is 0.399 e. The van der Waals surface area contributed by atoms with E-state index >= 15 is 0 Å². The van der Waals surface area contributed by atoms with E-state index in [0.29, 0.717) is 23.5 Å². The number of aromatic nitrogens is 1. The first kappa shape index (κ1) is 17.7. The normalized spacial score (nSPS) is 17.9. The monoisotopic (exact) mass is 354 g/mol. The van der Waals surface area contributed by atoms with Gasteiger partial charge in [-0.2, -0.15) is 13.2 Å². The molecule has 7 heteroatoms. The highest BCUT2D eigenvalue weighted by molar-refractivity contribution is 5.70. The zero-order valence-electron chi connectivity index (χ0n) is 13.8. The van der Waals surface area contributed by atoms with E-state index in [-0.39, 0.29) is 17.2 Å². The molecule has 3 nitrogen and oxygen atoms in total. The zero-order chi connectivity index (χ0) is 18.2. The minimum absolute atomic E-state index is 0.0796. The number of ether oxygens (including phenoxy) is 1. The van der Waals surface area contributed by atoms with Crippen LogP contribution in [0.25, 0.3) is 11.3 Å². The van der Waals surface area contributed by atoms with E-state index in [1.54, 1.807) is 7.05 Å². The van der Waals surface area contributed by atoms with Crippen LogP contribution in [0.2, 0.25) is 0 Å². The fraction of sp³-hybridized carbons (Fsp3) is 0.389. The van der Waals surface area contributed by atoms with Gasteiger partial charge in [-0.1, -0.05) is 6.92 Å². The lowest BCUT2D eigenvalue weighted by molar-refractivity contribution is -0.151. The highest BCUT2D eigenvalue weighted by Gasteiger charge is 2.47. The first-order valence-electron chi connectivity index (χ1n) is 7.96. The van der Waals surface area contributed by atoms with Crippen LogP contribution in [0.3, 0.4) is 0 Å². The molecule has 0 fully saturated rings. The molecule has 1 aliphatic heterocycles. The van der Waals surface area contributed by atoms with Gasteiger partial charge in [-0.25, -0.2) is 9.37 Å². The number of alkyl halides is 3. The average Bonchev–Trinajstić information content (AvgIpc) is 2.99. The molecule has 0 aliphatic carbocycles. The molecule has 134 valence electrons. The molecule has 25 heavy (non-hydrogen) atoms. The first-order valence-corrected chi connectivity index (χ1v) is 7.96. The molecule has 2 heterocycles. The van der Waals surface area contributed by atoms with E-state index in [2.05, 4.69) is 10.3 Å². The molecular weight excluding hydrogens is 336 g/mol. The fourth-order valence-electron chi connectivity index (χ4n) is 2.98. The second-order valence-corrected chi connectivity index (χ2v) is 6.18. The SMILES string of the molecule is CNCC(C)c1cc2c(c(-c3ccc(F)cc3)n1)OCC2C(F)(F)F. The smallest absolute Gasteiger partial charge is 0.399 e. The van der Waals surface area contributed by atoms with Crippen molar-refractivity contribution in [3.8, 4) is 17.0 Å². The number of benzene rings is 1. The number of hydrogen-bond donors (Lipinski definition) is 1. The summed E-state index contributed by atoms with van der Waals surface area (Å²) in [4.78, 5) is 4.52. The third-order valence-corrected chi connectivity index (χ3v) is 4.32. The molecule has 3 rings (SSSR count). The number of halogens is 4. The van der Waals surface area contributed by atoms with Crippen LogP contribution in [0.5, 0.6) is 5.75 Å². The third kappa shape index (κ3) is 3.46. The van der Waals surface area contributed by atoms with E-state index in [9.17, 15) is 17.6 Å². The van der Waals surface area contributed by atoms with Gasteiger partial charge in [0.2, 0.25) is 0 Å². The maximum absolute atomic E-state index is 13.3. The van der Waals surface area contributed by atoms with Crippen LogP contribution in [0.4, 0.5) is 17.6 Å². The van der Waals surface area contributed by atoms with Crippen molar-refractivity contribution in [3.63, 3.8) is 0 Å². The fourth-order valence-corrected chi connectivity index (χ4v) is 2.98. The second-order valence-electron chi connectivity index (χ2n) is 6.18. The van der Waals surface area contributed by atoms with Crippen molar-refractivity contribution in [1.29, 1.82) is 0 Å². The van der Waals surface area contributed by atoms with Crippen LogP contribution in [-0.4, -0.2) is 31.4 Å². The Hall–Kier alpha value is -2.15. The molecule has 1 aromatic heterocycles. The quantitative estimate of drug-likeness (QED) is 0.834. The Kier molecular flexibility index (Phi) is 4.69. The van der Waals surface area contributed by atoms with Crippen molar-refractivity contribution in [2.24, 2.45) is 0 Å². The number of rotatable bonds is 4. The number of nitrogens with zero attached hydrogens (tertiary/aromatic N) is 1. The lowest BCUT2D eigenvalue weighted by Crippen LogP contribution is -2.22. The molecule has 0 saturated carbocycles. The summed E-state index contributed by atoms with van der Waals surface area (Å²) in [6.45, 7) is 2.00. The van der Waals surface area contributed by atoms with Gasteiger partial charge in [0.15, 0.2) is 0 Å². The number of likely N-dealkylation sites (N-methyl/N-ethyl adjacent to an activating group) is 1. The molecule has 2 unspecified atom stereocenters. The maximum atomic E-state index is 13.3. The van der Waals surface area contributed by atoms with Crippen LogP contribution in [-0.2, 0) is 0 Å². The van der Waals surface area contributed by atoms with Crippen molar-refractivity contribution in [2.45, 2.75) is 24.9 Å². The number of hydrogen-bond acceptors (Lipinski definition) is 3. The number of pyridine rings is 1. The summed E-state index contributed by atoms with van der Waals surface area (Å²) >= 11 is 0. The molecule has 0 bridgehead atoms. The molecule has 0 spiro atoms. The van der Waals surface area contributed by atoms with E-state index in [1.165, 1.54) is 30.3 Å². The standard InChI is InChI=1S/C18H18F4N2O/c1-10(8-23-2)15-7-13-14(18(20,21)22)9-25-17(13)16(24-15)11-3-5-12(19)6-4-11/h3-7,10,14,23H,8-9H2,1-2H3. The van der Waals surface area contributed by atoms with Crippen LogP contribution >= 0.6 is 0 Å². The van der Waals surface area contributed by atoms with Gasteiger partial charge in [0.25, 0.3) is 0 Å². The molecule has 1 N–H and O–H groups in total. The summed E-state index contributed by atoms with van der Waals surface area (Å²) in [5, 5.41) is 3.00. The van der Waals surface area contributed by atoms with E-state index < -0.39 is 24.5 Å². The predicted molar refractivity (Wildman–Crippen MR) is 86.3 cm³/mol. The molecule has 1 aliphatic rings. The lowest BCUT2D eigenvalue weighted by atomic mass is 9.95. The van der Waals surface area contributed by atoms with Crippen molar-refractivity contribution in [2.75, 3.05) is 20.2 Å². The molecule has 1 aromatic carbocycles. The highest BCUT2D eigenvalue weighted by atomic mass is 19.4. The molecule has 0 saturated heterocycles. The summed E-state index contributed by atoms with van der Waals surface area (Å²) in [5.41, 5.74) is 1.49. The van der Waals surface area contributed by atoms with Crippen LogP contribution in [0.1, 0.15) is 30.0 Å². The Labute approximate surface area is 143 Å². The van der Waals surface area contributed by atoms with E-state index in [4.69, 9.17) is 4.74 Å². The van der Waals surface area contributed by atoms with Crippen LogP contribution in [0.15, 0.2) is 30.3 Å². The summed E-state index contributed by atoms with van der Waals surface area (Å²) in [7, 11) is 1.77. The van der Waals surface area contributed by atoms with Gasteiger partial charge in [0.1, 0.15) is 29.8 Å². The van der Waals surface area contributed by atoms with Crippen LogP contribution < -0.4 is 10.1 Å². The van der Waals surface area contributed by atoms with Gasteiger partial charge < -0.3 is 10.1 Å². The Morgan fingerprint density at radius 2 is 1.96 bits per heavy atom. The summed E-state index contributed by atoms with van der Waals surface area (Å²) in [5.74, 6) is -2.04. The Balaban J connectivity index is 2.15. The first-order chi connectivity index (χ1) is 11.8. The third-order valence-electron chi connectivity index (χ3n) is 4.32. The van der Waals surface area contributed by atoms with E-state index in [1.807, 2.05) is 6.92 Å². The highest BCUT2D eigenvalue weighted by Crippen LogP contribution is 2.48. The largest absolute Gasteiger partial charge is 0.490 e. The van der Waals surface area contributed by atoms with Gasteiger partial charge in [-0.15, -0.1) is 0 Å². The summed E-state index contributed by atoms with van der Waals surface area (Å²) in [6.07, 6.45) is -4.39. The Morgan fingerprint density at radius 1 is 1.28 bits per heavy atom.